The minimum Gasteiger partial charge on any atom is -0.274 e. The number of hydrogen-bond donors (Lipinski definition) is 0. The molecule has 2 aromatic rings. The fraction of sp³-hybridized carbons (Fsp3) is 0.267. The van der Waals surface area contributed by atoms with Crippen LogP contribution in [0, 0.1) is 0 Å². The Hall–Kier alpha value is -1.87. The molecule has 1 amide bonds. The van der Waals surface area contributed by atoms with Crippen LogP contribution in [-0.4, -0.2) is 25.1 Å². The van der Waals surface area contributed by atoms with E-state index in [9.17, 15) is 4.79 Å². The lowest BCUT2D eigenvalue weighted by molar-refractivity contribution is -0.0756. The minimum atomic E-state index is -0.145. The topological polar surface area (TPSA) is 29.5 Å². The average molecular weight is 245 g/mol. The van der Waals surface area contributed by atoms with Gasteiger partial charge in [-0.1, -0.05) is 44.2 Å². The number of benzene rings is 2. The Labute approximate surface area is 108 Å². The highest BCUT2D eigenvalue weighted by molar-refractivity contribution is 5.97. The van der Waals surface area contributed by atoms with Crippen LogP contribution in [0.15, 0.2) is 42.5 Å². The van der Waals surface area contributed by atoms with Crippen molar-refractivity contribution < 1.29 is 9.63 Å². The van der Waals surface area contributed by atoms with Gasteiger partial charge in [0, 0.05) is 12.6 Å². The van der Waals surface area contributed by atoms with Crippen molar-refractivity contribution in [2.75, 3.05) is 14.2 Å². The van der Waals surface area contributed by atoms with Gasteiger partial charge in [-0.3, -0.25) is 9.63 Å². The smallest absolute Gasteiger partial charge is 0.274 e. The molecule has 96 valence electrons. The van der Waals surface area contributed by atoms with Gasteiger partial charge in [0.1, 0.15) is 0 Å². The van der Waals surface area contributed by atoms with Crippen LogP contribution in [0.4, 0.5) is 0 Å². The number of amides is 1. The van der Waals surface area contributed by atoms with E-state index in [1.54, 1.807) is 13.1 Å². The Kier molecular flexibility index (Phi) is 5.33. The van der Waals surface area contributed by atoms with Gasteiger partial charge in [-0.15, -0.1) is 0 Å². The Morgan fingerprint density at radius 1 is 1.06 bits per heavy atom. The third kappa shape index (κ3) is 3.08. The second-order valence-corrected chi connectivity index (χ2v) is 3.55. The van der Waals surface area contributed by atoms with Crippen molar-refractivity contribution in [3.63, 3.8) is 0 Å². The van der Waals surface area contributed by atoms with Crippen LogP contribution in [0.5, 0.6) is 0 Å². The first-order chi connectivity index (χ1) is 8.72. The molecule has 0 N–H and O–H groups in total. The summed E-state index contributed by atoms with van der Waals surface area (Å²) in [7, 11) is 3.07. The quantitative estimate of drug-likeness (QED) is 0.758. The van der Waals surface area contributed by atoms with Gasteiger partial charge in [0.25, 0.3) is 5.91 Å². The second-order valence-electron chi connectivity index (χ2n) is 3.55. The number of carbonyl (C=O) groups excluding carboxylic acids is 1. The van der Waals surface area contributed by atoms with E-state index in [4.69, 9.17) is 4.84 Å². The van der Waals surface area contributed by atoms with Gasteiger partial charge >= 0.3 is 0 Å². The van der Waals surface area contributed by atoms with Gasteiger partial charge < -0.3 is 0 Å². The van der Waals surface area contributed by atoms with Crippen LogP contribution in [0.2, 0.25) is 0 Å². The molecule has 0 fully saturated rings. The standard InChI is InChI=1S/C13H13NO2.C2H6/c1-14(16-2)13(15)12-8-7-10-5-3-4-6-11(10)9-12;1-2/h3-9H,1-2H3;1-2H3. The predicted octanol–water partition coefficient (Wildman–Crippen LogP) is 3.50. The van der Waals surface area contributed by atoms with Crippen molar-refractivity contribution in [3.8, 4) is 0 Å². The minimum absolute atomic E-state index is 0.145. The van der Waals surface area contributed by atoms with Crippen LogP contribution >= 0.6 is 0 Å². The highest BCUT2D eigenvalue weighted by atomic mass is 16.7. The molecule has 0 spiro atoms. The summed E-state index contributed by atoms with van der Waals surface area (Å²) in [6.45, 7) is 4.00. The van der Waals surface area contributed by atoms with Gasteiger partial charge in [-0.2, -0.15) is 0 Å². The normalized spacial score (nSPS) is 9.56. The molecule has 0 aliphatic heterocycles. The zero-order chi connectivity index (χ0) is 13.5. The Morgan fingerprint density at radius 2 is 1.67 bits per heavy atom. The summed E-state index contributed by atoms with van der Waals surface area (Å²) in [5.41, 5.74) is 0.628. The van der Waals surface area contributed by atoms with E-state index >= 15 is 0 Å². The summed E-state index contributed by atoms with van der Waals surface area (Å²) in [5, 5.41) is 3.39. The summed E-state index contributed by atoms with van der Waals surface area (Å²) in [5.74, 6) is -0.145. The molecule has 0 unspecified atom stereocenters. The van der Waals surface area contributed by atoms with E-state index in [1.807, 2.05) is 50.2 Å². The van der Waals surface area contributed by atoms with Crippen molar-refractivity contribution in [1.29, 1.82) is 0 Å². The maximum Gasteiger partial charge on any atom is 0.277 e. The largest absolute Gasteiger partial charge is 0.277 e. The molecule has 3 heteroatoms. The number of hydrogen-bond acceptors (Lipinski definition) is 2. The first-order valence-electron chi connectivity index (χ1n) is 6.03. The first-order valence-corrected chi connectivity index (χ1v) is 6.03. The summed E-state index contributed by atoms with van der Waals surface area (Å²) in [6, 6.07) is 13.5. The Bertz CT molecular complexity index is 523. The molecule has 0 saturated carbocycles. The third-order valence-corrected chi connectivity index (χ3v) is 2.56. The van der Waals surface area contributed by atoms with Crippen molar-refractivity contribution in [1.82, 2.24) is 5.06 Å². The summed E-state index contributed by atoms with van der Waals surface area (Å²) >= 11 is 0. The van der Waals surface area contributed by atoms with Gasteiger partial charge in [0.15, 0.2) is 0 Å². The number of hydroxylamine groups is 2. The number of nitrogens with zero attached hydrogens (tertiary/aromatic N) is 1. The first kappa shape index (κ1) is 14.2. The Balaban J connectivity index is 0.000000771. The molecule has 2 aromatic carbocycles. The molecular formula is C15H19NO2. The van der Waals surface area contributed by atoms with Gasteiger partial charge in [0.2, 0.25) is 0 Å². The summed E-state index contributed by atoms with van der Waals surface area (Å²) in [6.07, 6.45) is 0. The average Bonchev–Trinajstić information content (AvgIpc) is 2.47. The van der Waals surface area contributed by atoms with Crippen molar-refractivity contribution in [3.05, 3.63) is 48.0 Å². The zero-order valence-electron chi connectivity index (χ0n) is 11.3. The van der Waals surface area contributed by atoms with Crippen LogP contribution in [0.25, 0.3) is 10.8 Å². The number of fused-ring (bicyclic) bond motifs is 1. The molecule has 18 heavy (non-hydrogen) atoms. The predicted molar refractivity (Wildman–Crippen MR) is 74.4 cm³/mol. The summed E-state index contributed by atoms with van der Waals surface area (Å²) < 4.78 is 0. The lowest BCUT2D eigenvalue weighted by Crippen LogP contribution is -2.25. The molecule has 0 atom stereocenters. The van der Waals surface area contributed by atoms with E-state index in [0.717, 1.165) is 10.8 Å². The highest BCUT2D eigenvalue weighted by Crippen LogP contribution is 2.16. The lowest BCUT2D eigenvalue weighted by atomic mass is 10.1. The van der Waals surface area contributed by atoms with E-state index in [2.05, 4.69) is 0 Å². The van der Waals surface area contributed by atoms with E-state index in [-0.39, 0.29) is 5.91 Å². The van der Waals surface area contributed by atoms with Crippen LogP contribution < -0.4 is 0 Å². The maximum atomic E-state index is 11.8. The lowest BCUT2D eigenvalue weighted by Gasteiger charge is -2.13. The number of carbonyl (C=O) groups is 1. The van der Waals surface area contributed by atoms with Gasteiger partial charge in [-0.25, -0.2) is 5.06 Å². The van der Waals surface area contributed by atoms with Crippen LogP contribution in [0.1, 0.15) is 24.2 Å². The molecule has 0 aliphatic carbocycles. The zero-order valence-corrected chi connectivity index (χ0v) is 11.3. The van der Waals surface area contributed by atoms with E-state index in [0.29, 0.717) is 5.56 Å². The SMILES string of the molecule is CC.CON(C)C(=O)c1ccc2ccccc2c1. The fourth-order valence-electron chi connectivity index (χ4n) is 1.59. The van der Waals surface area contributed by atoms with Gasteiger partial charge in [0.05, 0.1) is 7.11 Å². The number of rotatable bonds is 2. The molecule has 3 nitrogen and oxygen atoms in total. The molecular weight excluding hydrogens is 226 g/mol. The molecule has 0 heterocycles. The fourth-order valence-corrected chi connectivity index (χ4v) is 1.59. The Morgan fingerprint density at radius 3 is 2.28 bits per heavy atom. The van der Waals surface area contributed by atoms with Crippen molar-refractivity contribution >= 4 is 16.7 Å². The van der Waals surface area contributed by atoms with Crippen LogP contribution in [-0.2, 0) is 4.84 Å². The summed E-state index contributed by atoms with van der Waals surface area (Å²) in [4.78, 5) is 16.7. The van der Waals surface area contributed by atoms with E-state index < -0.39 is 0 Å². The van der Waals surface area contributed by atoms with Crippen molar-refractivity contribution in [2.24, 2.45) is 0 Å². The monoisotopic (exact) mass is 245 g/mol. The van der Waals surface area contributed by atoms with Gasteiger partial charge in [-0.05, 0) is 22.9 Å². The third-order valence-electron chi connectivity index (χ3n) is 2.56. The molecule has 2 rings (SSSR count). The molecule has 0 bridgehead atoms. The molecule has 0 radical (unpaired) electrons. The van der Waals surface area contributed by atoms with Crippen LogP contribution in [0.3, 0.4) is 0 Å². The highest BCUT2D eigenvalue weighted by Gasteiger charge is 2.10. The molecule has 0 aromatic heterocycles. The maximum absolute atomic E-state index is 11.8. The van der Waals surface area contributed by atoms with E-state index in [1.165, 1.54) is 12.2 Å². The molecule has 0 saturated heterocycles. The molecule has 0 aliphatic rings. The van der Waals surface area contributed by atoms with Crippen molar-refractivity contribution in [2.45, 2.75) is 13.8 Å². The second kappa shape index (κ2) is 6.77.